The number of Topliss-reactive ketones (excluding diaryl/α,β-unsaturated/α-hetero) is 1. The quantitative estimate of drug-likeness (QED) is 0.352. The molecule has 156 valence electrons. The summed E-state index contributed by atoms with van der Waals surface area (Å²) in [5.74, 6) is -2.65. The third-order valence-corrected chi connectivity index (χ3v) is 5.52. The smallest absolute Gasteiger partial charge is 0.300 e. The van der Waals surface area contributed by atoms with Gasteiger partial charge in [-0.15, -0.1) is 0 Å². The van der Waals surface area contributed by atoms with Gasteiger partial charge in [-0.05, 0) is 42.3 Å². The summed E-state index contributed by atoms with van der Waals surface area (Å²) in [5, 5.41) is 10.8. The van der Waals surface area contributed by atoms with E-state index in [0.29, 0.717) is 11.3 Å². The van der Waals surface area contributed by atoms with E-state index in [-0.39, 0.29) is 22.0 Å². The van der Waals surface area contributed by atoms with E-state index in [0.717, 1.165) is 18.1 Å². The maximum atomic E-state index is 13.7. The number of aliphatic hydroxyl groups is 1. The van der Waals surface area contributed by atoms with Gasteiger partial charge in [0.15, 0.2) is 0 Å². The van der Waals surface area contributed by atoms with Crippen LogP contribution in [0.25, 0.3) is 5.76 Å². The molecule has 4 rings (SSSR count). The number of aliphatic hydroxyl groups excluding tert-OH is 1. The van der Waals surface area contributed by atoms with Crippen LogP contribution in [0.15, 0.2) is 72.4 Å². The fraction of sp³-hybridized carbons (Fsp3) is 0.125. The number of anilines is 1. The topological polar surface area (TPSA) is 70.5 Å². The van der Waals surface area contributed by atoms with Gasteiger partial charge in [-0.2, -0.15) is 0 Å². The van der Waals surface area contributed by atoms with Gasteiger partial charge in [0.25, 0.3) is 11.7 Å². The minimum Gasteiger partial charge on any atom is -0.507 e. The minimum atomic E-state index is -0.992. The van der Waals surface area contributed by atoms with E-state index in [9.17, 15) is 19.1 Å². The van der Waals surface area contributed by atoms with Crippen molar-refractivity contribution < 1.29 is 19.1 Å². The number of ketones is 1. The van der Waals surface area contributed by atoms with Crippen molar-refractivity contribution in [1.82, 2.24) is 4.98 Å². The first-order valence-electron chi connectivity index (χ1n) is 9.68. The van der Waals surface area contributed by atoms with Gasteiger partial charge in [0.05, 0.1) is 16.3 Å². The summed E-state index contributed by atoms with van der Waals surface area (Å²) in [4.78, 5) is 31.5. The molecule has 0 bridgehead atoms. The Morgan fingerprint density at radius 3 is 2.48 bits per heavy atom. The Kier molecular flexibility index (Phi) is 5.57. The van der Waals surface area contributed by atoms with Gasteiger partial charge < -0.3 is 5.11 Å². The molecule has 0 saturated carbocycles. The van der Waals surface area contributed by atoms with Gasteiger partial charge in [-0.3, -0.25) is 19.5 Å². The molecule has 1 aliphatic heterocycles. The predicted octanol–water partition coefficient (Wildman–Crippen LogP) is 5.06. The van der Waals surface area contributed by atoms with Gasteiger partial charge in [0.1, 0.15) is 17.6 Å². The van der Waals surface area contributed by atoms with Crippen LogP contribution < -0.4 is 4.90 Å². The summed E-state index contributed by atoms with van der Waals surface area (Å²) >= 11 is 5.92. The standard InChI is InChI=1S/C24H18ClFN2O3/c1-2-14-6-8-15(9-7-14)22(29)20-21(19-5-3-4-12-27-19)28(24(31)23(20)30)16-10-11-18(26)17(25)13-16/h3-13,21,29H,2H2,1H3/b22-20+. The summed E-state index contributed by atoms with van der Waals surface area (Å²) in [6.07, 6.45) is 2.35. The Bertz CT molecular complexity index is 1190. The van der Waals surface area contributed by atoms with Crippen LogP contribution >= 0.6 is 11.6 Å². The maximum absolute atomic E-state index is 13.7. The Morgan fingerprint density at radius 2 is 1.87 bits per heavy atom. The molecule has 1 fully saturated rings. The van der Waals surface area contributed by atoms with Crippen molar-refractivity contribution in [3.63, 3.8) is 0 Å². The van der Waals surface area contributed by atoms with Crippen molar-refractivity contribution in [2.24, 2.45) is 0 Å². The number of hydrogen-bond donors (Lipinski definition) is 1. The number of carbonyl (C=O) groups is 2. The third-order valence-electron chi connectivity index (χ3n) is 5.23. The van der Waals surface area contributed by atoms with Gasteiger partial charge in [-0.1, -0.05) is 48.9 Å². The van der Waals surface area contributed by atoms with Crippen LogP contribution in [0.2, 0.25) is 5.02 Å². The van der Waals surface area contributed by atoms with E-state index >= 15 is 0 Å². The van der Waals surface area contributed by atoms with Crippen molar-refractivity contribution in [3.05, 3.63) is 100 Å². The highest BCUT2D eigenvalue weighted by Crippen LogP contribution is 2.42. The highest BCUT2D eigenvalue weighted by atomic mass is 35.5. The van der Waals surface area contributed by atoms with Crippen molar-refractivity contribution >= 4 is 34.7 Å². The van der Waals surface area contributed by atoms with Gasteiger partial charge in [0, 0.05) is 17.4 Å². The average molecular weight is 437 g/mol. The lowest BCUT2D eigenvalue weighted by Crippen LogP contribution is -2.29. The fourth-order valence-electron chi connectivity index (χ4n) is 3.61. The summed E-state index contributed by atoms with van der Waals surface area (Å²) < 4.78 is 13.7. The van der Waals surface area contributed by atoms with Crippen LogP contribution in [-0.2, 0) is 16.0 Å². The summed E-state index contributed by atoms with van der Waals surface area (Å²) in [6, 6.07) is 14.9. The molecule has 3 aromatic rings. The number of carbonyl (C=O) groups excluding carboxylic acids is 2. The van der Waals surface area contributed by atoms with E-state index in [1.165, 1.54) is 23.2 Å². The molecule has 0 spiro atoms. The fourth-order valence-corrected chi connectivity index (χ4v) is 3.78. The van der Waals surface area contributed by atoms with Crippen LogP contribution in [0.3, 0.4) is 0 Å². The lowest BCUT2D eigenvalue weighted by atomic mass is 9.97. The number of rotatable bonds is 4. The Balaban J connectivity index is 1.92. The predicted molar refractivity (Wildman–Crippen MR) is 116 cm³/mol. The zero-order chi connectivity index (χ0) is 22.1. The van der Waals surface area contributed by atoms with Crippen LogP contribution in [0.1, 0.15) is 29.8 Å². The zero-order valence-electron chi connectivity index (χ0n) is 16.5. The maximum Gasteiger partial charge on any atom is 0.300 e. The summed E-state index contributed by atoms with van der Waals surface area (Å²) in [6.45, 7) is 2.01. The third kappa shape index (κ3) is 3.70. The molecule has 1 aliphatic rings. The highest BCUT2D eigenvalue weighted by Gasteiger charge is 2.47. The number of benzene rings is 2. The van der Waals surface area contributed by atoms with Crippen LogP contribution in [0.4, 0.5) is 10.1 Å². The van der Waals surface area contributed by atoms with Gasteiger partial charge in [-0.25, -0.2) is 4.39 Å². The van der Waals surface area contributed by atoms with E-state index in [2.05, 4.69) is 4.98 Å². The van der Waals surface area contributed by atoms with E-state index in [1.54, 1.807) is 30.3 Å². The summed E-state index contributed by atoms with van der Waals surface area (Å²) in [7, 11) is 0. The van der Waals surface area contributed by atoms with Gasteiger partial charge in [0.2, 0.25) is 0 Å². The molecule has 1 unspecified atom stereocenters. The molecule has 1 atom stereocenters. The van der Waals surface area contributed by atoms with E-state index < -0.39 is 23.5 Å². The molecule has 7 heteroatoms. The molecular weight excluding hydrogens is 419 g/mol. The lowest BCUT2D eigenvalue weighted by molar-refractivity contribution is -0.132. The first-order valence-corrected chi connectivity index (χ1v) is 10.1. The van der Waals surface area contributed by atoms with Crippen LogP contribution in [0, 0.1) is 5.82 Å². The number of hydrogen-bond acceptors (Lipinski definition) is 4. The molecule has 0 aliphatic carbocycles. The molecule has 1 saturated heterocycles. The second kappa shape index (κ2) is 8.32. The lowest BCUT2D eigenvalue weighted by Gasteiger charge is -2.24. The average Bonchev–Trinajstić information content (AvgIpc) is 3.06. The molecule has 1 amide bonds. The number of pyridine rings is 1. The minimum absolute atomic E-state index is 0.0894. The highest BCUT2D eigenvalue weighted by molar-refractivity contribution is 6.51. The first kappa shape index (κ1) is 20.8. The van der Waals surface area contributed by atoms with Crippen molar-refractivity contribution in [2.45, 2.75) is 19.4 Å². The Labute approximate surface area is 183 Å². The monoisotopic (exact) mass is 436 g/mol. The molecular formula is C24H18ClFN2O3. The second-order valence-electron chi connectivity index (χ2n) is 7.07. The SMILES string of the molecule is CCc1ccc(/C(O)=C2\C(=O)C(=O)N(c3ccc(F)c(Cl)c3)C2c2ccccn2)cc1. The summed E-state index contributed by atoms with van der Waals surface area (Å²) in [5.41, 5.74) is 2.00. The molecule has 1 N–H and O–H groups in total. The second-order valence-corrected chi connectivity index (χ2v) is 7.48. The van der Waals surface area contributed by atoms with Crippen LogP contribution in [0.5, 0.6) is 0 Å². The van der Waals surface area contributed by atoms with Gasteiger partial charge >= 0.3 is 0 Å². The first-order chi connectivity index (χ1) is 14.9. The van der Waals surface area contributed by atoms with E-state index in [4.69, 9.17) is 11.6 Å². The molecule has 31 heavy (non-hydrogen) atoms. The number of amides is 1. The van der Waals surface area contributed by atoms with Crippen LogP contribution in [-0.4, -0.2) is 21.8 Å². The number of aromatic nitrogens is 1. The number of halogens is 2. The normalized spacial score (nSPS) is 17.9. The largest absolute Gasteiger partial charge is 0.507 e. The molecule has 2 aromatic carbocycles. The van der Waals surface area contributed by atoms with Crippen molar-refractivity contribution in [2.75, 3.05) is 4.90 Å². The molecule has 5 nitrogen and oxygen atoms in total. The Morgan fingerprint density at radius 1 is 1.13 bits per heavy atom. The molecule has 1 aromatic heterocycles. The van der Waals surface area contributed by atoms with Crippen molar-refractivity contribution in [3.8, 4) is 0 Å². The number of nitrogens with zero attached hydrogens (tertiary/aromatic N) is 2. The number of aryl methyl sites for hydroxylation is 1. The molecule has 2 heterocycles. The molecule has 0 radical (unpaired) electrons. The van der Waals surface area contributed by atoms with Crippen molar-refractivity contribution in [1.29, 1.82) is 0 Å². The zero-order valence-corrected chi connectivity index (χ0v) is 17.3. The van der Waals surface area contributed by atoms with E-state index in [1.807, 2.05) is 19.1 Å². The Hall–Kier alpha value is -3.51.